The summed E-state index contributed by atoms with van der Waals surface area (Å²) in [5, 5.41) is 2.96. The lowest BCUT2D eigenvalue weighted by molar-refractivity contribution is 0.0949. The van der Waals surface area contributed by atoms with E-state index < -0.39 is 0 Å². The Morgan fingerprint density at radius 2 is 2.04 bits per heavy atom. The third kappa shape index (κ3) is 4.66. The summed E-state index contributed by atoms with van der Waals surface area (Å²) < 4.78 is 0. The number of nitrogens with zero attached hydrogens (tertiary/aromatic N) is 3. The van der Waals surface area contributed by atoms with Gasteiger partial charge in [0.15, 0.2) is 0 Å². The van der Waals surface area contributed by atoms with Crippen LogP contribution in [-0.4, -0.2) is 29.5 Å². The maximum atomic E-state index is 12.4. The molecule has 130 valence electrons. The molecule has 0 spiro atoms. The predicted octanol–water partition coefficient (Wildman–Crippen LogP) is 3.86. The molecule has 0 saturated carbocycles. The van der Waals surface area contributed by atoms with Crippen molar-refractivity contribution in [3.8, 4) is 0 Å². The molecule has 1 aliphatic rings. The fourth-order valence-electron chi connectivity index (χ4n) is 3.00. The first kappa shape index (κ1) is 17.1. The number of anilines is 2. The predicted molar refractivity (Wildman–Crippen MR) is 100 cm³/mol. The van der Waals surface area contributed by atoms with Crippen molar-refractivity contribution < 1.29 is 4.79 Å². The Bertz CT molecular complexity index is 742. The smallest absolute Gasteiger partial charge is 0.270 e. The molecule has 25 heavy (non-hydrogen) atoms. The maximum Gasteiger partial charge on any atom is 0.270 e. The molecule has 1 aromatic heterocycles. The first-order valence-electron chi connectivity index (χ1n) is 8.81. The topological polar surface area (TPSA) is 58.1 Å². The first-order chi connectivity index (χ1) is 12.2. The first-order valence-corrected chi connectivity index (χ1v) is 8.81. The third-order valence-electron chi connectivity index (χ3n) is 4.49. The minimum atomic E-state index is -0.151. The number of carbonyl (C=O) groups excluding carboxylic acids is 1. The van der Waals surface area contributed by atoms with Crippen LogP contribution >= 0.6 is 0 Å². The highest BCUT2D eigenvalue weighted by molar-refractivity contribution is 5.93. The molecule has 1 N–H and O–H groups in total. The van der Waals surface area contributed by atoms with Gasteiger partial charge in [-0.3, -0.25) is 4.79 Å². The van der Waals surface area contributed by atoms with Gasteiger partial charge in [-0.2, -0.15) is 0 Å². The molecule has 1 aromatic carbocycles. The van der Waals surface area contributed by atoms with Gasteiger partial charge in [0.1, 0.15) is 17.8 Å². The monoisotopic (exact) mass is 336 g/mol. The van der Waals surface area contributed by atoms with Gasteiger partial charge < -0.3 is 10.2 Å². The molecule has 1 aliphatic carbocycles. The Balaban J connectivity index is 1.60. The second-order valence-corrected chi connectivity index (χ2v) is 6.27. The van der Waals surface area contributed by atoms with Crippen LogP contribution in [-0.2, 0) is 0 Å². The largest absolute Gasteiger partial charge is 0.350 e. The molecule has 0 atom stereocenters. The molecule has 5 heteroatoms. The summed E-state index contributed by atoms with van der Waals surface area (Å²) in [5.41, 5.74) is 2.86. The molecule has 0 saturated heterocycles. The number of aromatic nitrogens is 2. The zero-order chi connectivity index (χ0) is 17.5. The van der Waals surface area contributed by atoms with Crippen molar-refractivity contribution in [3.63, 3.8) is 0 Å². The standard InChI is InChI=1S/C20H24N4O/c1-24(17-10-6-3-7-11-17)19-14-18(22-15-23-19)20(25)21-13-12-16-8-4-2-5-9-16/h3,6-8,10-11,14-15H,2,4-5,9,12-13H2,1H3,(H,21,25). The van der Waals surface area contributed by atoms with Gasteiger partial charge in [-0.15, -0.1) is 0 Å². The molecule has 1 amide bonds. The van der Waals surface area contributed by atoms with Crippen LogP contribution in [0.4, 0.5) is 11.5 Å². The van der Waals surface area contributed by atoms with E-state index in [1.165, 1.54) is 31.2 Å². The van der Waals surface area contributed by atoms with Gasteiger partial charge in [-0.05, 0) is 44.2 Å². The van der Waals surface area contributed by atoms with E-state index in [4.69, 9.17) is 0 Å². The number of para-hydroxylation sites is 1. The van der Waals surface area contributed by atoms with Crippen LogP contribution in [0.15, 0.2) is 54.4 Å². The van der Waals surface area contributed by atoms with Crippen LogP contribution in [0.25, 0.3) is 0 Å². The quantitative estimate of drug-likeness (QED) is 0.814. The van der Waals surface area contributed by atoms with Crippen molar-refractivity contribution >= 4 is 17.4 Å². The highest BCUT2D eigenvalue weighted by atomic mass is 16.1. The Kier molecular flexibility index (Phi) is 5.77. The molecular weight excluding hydrogens is 312 g/mol. The lowest BCUT2D eigenvalue weighted by atomic mass is 9.97. The molecule has 0 fully saturated rings. The molecule has 5 nitrogen and oxygen atoms in total. The van der Waals surface area contributed by atoms with Gasteiger partial charge in [-0.1, -0.05) is 29.8 Å². The number of amides is 1. The molecule has 0 aliphatic heterocycles. The highest BCUT2D eigenvalue weighted by Gasteiger charge is 2.12. The SMILES string of the molecule is CN(c1ccccc1)c1cc(C(=O)NCCC2=CCCCC2)ncn1. The molecule has 2 aromatic rings. The molecule has 0 bridgehead atoms. The summed E-state index contributed by atoms with van der Waals surface area (Å²) in [6.45, 7) is 0.651. The minimum absolute atomic E-state index is 0.151. The lowest BCUT2D eigenvalue weighted by Crippen LogP contribution is -2.26. The Morgan fingerprint density at radius 3 is 2.80 bits per heavy atom. The molecule has 0 radical (unpaired) electrons. The van der Waals surface area contributed by atoms with Crippen LogP contribution in [0.2, 0.25) is 0 Å². The highest BCUT2D eigenvalue weighted by Crippen LogP contribution is 2.21. The number of hydrogen-bond donors (Lipinski definition) is 1. The average Bonchev–Trinajstić information content (AvgIpc) is 2.69. The summed E-state index contributed by atoms with van der Waals surface area (Å²) in [6, 6.07) is 11.6. The fourth-order valence-corrected chi connectivity index (χ4v) is 3.00. The van der Waals surface area contributed by atoms with Gasteiger partial charge in [0.05, 0.1) is 0 Å². The van der Waals surface area contributed by atoms with E-state index >= 15 is 0 Å². The summed E-state index contributed by atoms with van der Waals surface area (Å²) in [6.07, 6.45) is 9.56. The van der Waals surface area contributed by atoms with Gasteiger partial charge in [0, 0.05) is 25.3 Å². The van der Waals surface area contributed by atoms with Crippen LogP contribution in [0.1, 0.15) is 42.6 Å². The molecule has 3 rings (SSSR count). The van der Waals surface area contributed by atoms with E-state index in [1.807, 2.05) is 42.3 Å². The van der Waals surface area contributed by atoms with Crippen molar-refractivity contribution in [2.24, 2.45) is 0 Å². The average molecular weight is 336 g/mol. The van der Waals surface area contributed by atoms with Gasteiger partial charge >= 0.3 is 0 Å². The zero-order valence-corrected chi connectivity index (χ0v) is 14.6. The zero-order valence-electron chi connectivity index (χ0n) is 14.6. The van der Waals surface area contributed by atoms with E-state index in [2.05, 4.69) is 21.4 Å². The van der Waals surface area contributed by atoms with Gasteiger partial charge in [-0.25, -0.2) is 9.97 Å². The number of rotatable bonds is 6. The van der Waals surface area contributed by atoms with Crippen molar-refractivity contribution in [2.75, 3.05) is 18.5 Å². The van der Waals surface area contributed by atoms with Crippen molar-refractivity contribution in [1.82, 2.24) is 15.3 Å². The van der Waals surface area contributed by atoms with Gasteiger partial charge in [0.25, 0.3) is 5.91 Å². The number of allylic oxidation sites excluding steroid dienone is 1. The van der Waals surface area contributed by atoms with E-state index in [0.717, 1.165) is 18.5 Å². The summed E-state index contributed by atoms with van der Waals surface area (Å²) in [7, 11) is 1.93. The molecular formula is C20H24N4O. The van der Waals surface area contributed by atoms with Crippen molar-refractivity contribution in [1.29, 1.82) is 0 Å². The second-order valence-electron chi connectivity index (χ2n) is 6.27. The van der Waals surface area contributed by atoms with Crippen LogP contribution in [0, 0.1) is 0 Å². The fraction of sp³-hybridized carbons (Fsp3) is 0.350. The number of carbonyl (C=O) groups is 1. The molecule has 1 heterocycles. The van der Waals surface area contributed by atoms with E-state index in [1.54, 1.807) is 6.07 Å². The minimum Gasteiger partial charge on any atom is -0.350 e. The normalized spacial score (nSPS) is 13.9. The second kappa shape index (κ2) is 8.42. The number of nitrogens with one attached hydrogen (secondary N) is 1. The Hall–Kier alpha value is -2.69. The Labute approximate surface area is 148 Å². The lowest BCUT2D eigenvalue weighted by Gasteiger charge is -2.18. The summed E-state index contributed by atoms with van der Waals surface area (Å²) in [5.74, 6) is 0.544. The van der Waals surface area contributed by atoms with E-state index in [0.29, 0.717) is 18.1 Å². The number of benzene rings is 1. The van der Waals surface area contributed by atoms with E-state index in [-0.39, 0.29) is 5.91 Å². The van der Waals surface area contributed by atoms with Crippen molar-refractivity contribution in [2.45, 2.75) is 32.1 Å². The van der Waals surface area contributed by atoms with Crippen LogP contribution in [0.3, 0.4) is 0 Å². The van der Waals surface area contributed by atoms with Gasteiger partial charge in [0.2, 0.25) is 0 Å². The van der Waals surface area contributed by atoms with E-state index in [9.17, 15) is 4.79 Å². The Morgan fingerprint density at radius 1 is 1.20 bits per heavy atom. The van der Waals surface area contributed by atoms with Crippen LogP contribution < -0.4 is 10.2 Å². The maximum absolute atomic E-state index is 12.4. The third-order valence-corrected chi connectivity index (χ3v) is 4.49. The molecule has 0 unspecified atom stereocenters. The summed E-state index contributed by atoms with van der Waals surface area (Å²) in [4.78, 5) is 22.7. The summed E-state index contributed by atoms with van der Waals surface area (Å²) >= 11 is 0. The van der Waals surface area contributed by atoms with Crippen molar-refractivity contribution in [3.05, 3.63) is 60.1 Å². The van der Waals surface area contributed by atoms with Crippen LogP contribution in [0.5, 0.6) is 0 Å². The number of hydrogen-bond acceptors (Lipinski definition) is 4.